The molecule has 125 heavy (non-hydrogen) atoms. The average Bonchev–Trinajstić information content (AvgIpc) is 0.986. The van der Waals surface area contributed by atoms with Crippen molar-refractivity contribution in [3.8, 4) is 45.3 Å². The number of H-pyrrole nitrogens is 1. The van der Waals surface area contributed by atoms with Crippen molar-refractivity contribution in [2.24, 2.45) is 0 Å². The van der Waals surface area contributed by atoms with Gasteiger partial charge in [0.1, 0.15) is 23.0 Å². The number of aliphatic carboxylic acids is 3. The van der Waals surface area contributed by atoms with E-state index in [1.165, 1.54) is 0 Å². The van der Waals surface area contributed by atoms with Gasteiger partial charge in [0.15, 0.2) is 0 Å². The van der Waals surface area contributed by atoms with Gasteiger partial charge in [-0.25, -0.2) is 29.9 Å². The molecule has 3 radical (unpaired) electrons. The molecule has 0 fully saturated rings. The number of rotatable bonds is 4. The van der Waals surface area contributed by atoms with Crippen molar-refractivity contribution in [1.29, 1.82) is 0 Å². The Morgan fingerprint density at radius 3 is 0.960 bits per heavy atom. The second-order valence-electron chi connectivity index (χ2n) is 34.8. The third-order valence-electron chi connectivity index (χ3n) is 21.6. The molecule has 8 aromatic carbocycles. The molecule has 2 aliphatic heterocycles. The first-order valence-electron chi connectivity index (χ1n) is 40.1. The van der Waals surface area contributed by atoms with Crippen molar-refractivity contribution in [2.75, 3.05) is 0 Å². The predicted molar refractivity (Wildman–Crippen MR) is 501 cm³/mol. The minimum absolute atomic E-state index is 0. The molecule has 24 bridgehead atoms. The quantitative estimate of drug-likeness (QED) is 0.0760. The molecule has 2 aliphatic rings. The SMILES string of the molecule is C=Cc1cccc(-c2c3nc(c4cc(C(C)(C)C)cc(c4O)c4ccc5ccc6ccc(nc6c5n4)c4cc(C(C)(C)C)cc(c4O)c4ccc2[n-]4)C=C3)c1.C=Cc1cccc(-c2c3nc(c4cc(C(C)(C)C)cc(c4O)c4ccc5ccc6ccc(nc6c5n4)c4cc(C(C)(C)C)cc(c4O)c4ccc2[nH]4)C=C3)c1.CC(=O)O.CC(=O)O.CC(=O)O.[Co].[Co].[Co]. The van der Waals surface area contributed by atoms with Gasteiger partial charge in [0.25, 0.3) is 17.9 Å². The normalized spacial score (nSPS) is 11.8. The third-order valence-corrected chi connectivity index (χ3v) is 21.6. The number of carboxylic acids is 3. The number of aromatic hydroxyl groups is 4. The van der Waals surface area contributed by atoms with Crippen LogP contribution < -0.4 is 4.98 Å². The molecule has 639 valence electrons. The van der Waals surface area contributed by atoms with Crippen molar-refractivity contribution >= 4 is 185 Å². The van der Waals surface area contributed by atoms with Crippen molar-refractivity contribution in [2.45, 2.75) is 126 Å². The smallest absolute Gasteiger partial charge is 0.300 e. The Labute approximate surface area is 754 Å². The zero-order valence-electron chi connectivity index (χ0n) is 71.8. The molecule has 21 heteroatoms. The maximum atomic E-state index is 12.2. The Kier molecular flexibility index (Phi) is 26.9. The summed E-state index contributed by atoms with van der Waals surface area (Å²) in [6, 6.07) is 64.9. The van der Waals surface area contributed by atoms with Crippen LogP contribution in [0.5, 0.6) is 23.0 Å². The van der Waals surface area contributed by atoms with Gasteiger partial charge in [-0.05, 0) is 193 Å². The Bertz CT molecular complexity index is 6990. The molecular formula is C104H95Co3N8O10-. The van der Waals surface area contributed by atoms with E-state index in [2.05, 4.69) is 144 Å². The third kappa shape index (κ3) is 19.3. The number of carbonyl (C=O) groups is 3. The number of pyridine rings is 4. The van der Waals surface area contributed by atoms with Crippen LogP contribution in [0, 0.1) is 0 Å². The monoisotopic (exact) mass is 1790 g/mol. The number of nitrogens with one attached hydrogen (secondary N) is 1. The Balaban J connectivity index is 0.000000211. The van der Waals surface area contributed by atoms with Crippen LogP contribution in [0.15, 0.2) is 207 Å². The summed E-state index contributed by atoms with van der Waals surface area (Å²) in [4.78, 5) is 67.2. The molecule has 0 saturated heterocycles. The number of fused-ring (bicyclic) bond motifs is 28. The topological polar surface area (TPSA) is 300 Å². The van der Waals surface area contributed by atoms with E-state index in [0.717, 1.165) is 115 Å². The summed E-state index contributed by atoms with van der Waals surface area (Å²) < 4.78 is 0. The first kappa shape index (κ1) is 92.6. The van der Waals surface area contributed by atoms with Gasteiger partial charge in [0, 0.05) is 152 Å². The fourth-order valence-electron chi connectivity index (χ4n) is 15.1. The second kappa shape index (κ2) is 36.4. The van der Waals surface area contributed by atoms with Crippen molar-refractivity contribution < 1.29 is 100 Å². The number of hydrogen-bond acceptors (Lipinski definition) is 13. The number of aromatic amines is 1. The molecule has 10 heterocycles. The molecule has 16 aromatic rings. The number of phenols is 4. The van der Waals surface area contributed by atoms with Crippen molar-refractivity contribution in [1.82, 2.24) is 39.9 Å². The van der Waals surface area contributed by atoms with Crippen LogP contribution in [0.25, 0.3) is 190 Å². The van der Waals surface area contributed by atoms with Crippen molar-refractivity contribution in [3.05, 3.63) is 263 Å². The van der Waals surface area contributed by atoms with Crippen molar-refractivity contribution in [3.63, 3.8) is 0 Å². The minimum Gasteiger partial charge on any atom is -0.657 e. The Morgan fingerprint density at radius 2 is 0.608 bits per heavy atom. The van der Waals surface area contributed by atoms with Gasteiger partial charge in [-0.1, -0.05) is 205 Å². The van der Waals surface area contributed by atoms with Gasteiger partial charge in [-0.2, -0.15) is 0 Å². The van der Waals surface area contributed by atoms with E-state index in [1.807, 2.05) is 188 Å². The van der Waals surface area contributed by atoms with E-state index in [4.69, 9.17) is 64.6 Å². The maximum absolute atomic E-state index is 12.2. The van der Waals surface area contributed by atoms with Gasteiger partial charge in [-0.15, -0.1) is 11.0 Å². The number of hydrogen-bond donors (Lipinski definition) is 8. The van der Waals surface area contributed by atoms with Crippen LogP contribution in [-0.2, 0) is 86.4 Å². The van der Waals surface area contributed by atoms with Gasteiger partial charge in [0.05, 0.1) is 66.9 Å². The zero-order valence-corrected chi connectivity index (χ0v) is 75.0. The molecule has 0 saturated carbocycles. The maximum Gasteiger partial charge on any atom is 0.300 e. The van der Waals surface area contributed by atoms with Crippen LogP contribution in [-0.4, -0.2) is 88.5 Å². The number of phenolic OH excluding ortho intramolecular Hbond substituents is 4. The molecule has 0 amide bonds. The van der Waals surface area contributed by atoms with E-state index < -0.39 is 17.9 Å². The van der Waals surface area contributed by atoms with E-state index in [9.17, 15) is 20.4 Å². The van der Waals surface area contributed by atoms with E-state index in [1.54, 1.807) is 0 Å². The number of nitrogens with zero attached hydrogens (tertiary/aromatic N) is 7. The van der Waals surface area contributed by atoms with Crippen LogP contribution in [0.1, 0.15) is 160 Å². The molecule has 0 spiro atoms. The standard InChI is InChI=1S/C49H42N4O2.C49H41N4O2.3C2H4O2.3Co/c2*1-8-27-10-9-11-30(22-27)43-41-20-18-37(50-41)33-23-31(48(2,3)4)25-35(46(33)54)39-16-14-28-12-13-29-15-17-40(53-45(29)44(28)52-39)36-26-32(49(5,6)7)24-34(47(36)55)38-19-21-42(43)51-38;3*1-2(3)4;;;/h8-26,50,54-55H,1H2,2-7H3;8-26H,1H2,2-7H3,(H2-,50,51,52,53,54,55);3*1H3,(H,3,4);;;/q;-1;;;;;;. The van der Waals surface area contributed by atoms with Gasteiger partial charge < -0.3 is 45.7 Å². The summed E-state index contributed by atoms with van der Waals surface area (Å²) in [6.45, 7) is 37.3. The Hall–Kier alpha value is -13.1. The summed E-state index contributed by atoms with van der Waals surface area (Å²) in [6.07, 6.45) is 11.6. The predicted octanol–water partition coefficient (Wildman–Crippen LogP) is 25.1. The van der Waals surface area contributed by atoms with Crippen LogP contribution in [0.4, 0.5) is 0 Å². The van der Waals surface area contributed by atoms with Crippen LogP contribution in [0.3, 0.4) is 0 Å². The number of aromatic nitrogens is 8. The first-order chi connectivity index (χ1) is 57.7. The summed E-state index contributed by atoms with van der Waals surface area (Å²) in [7, 11) is 0. The van der Waals surface area contributed by atoms with E-state index in [0.29, 0.717) is 115 Å². The fraction of sp³-hybridized carbons (Fsp3) is 0.183. The summed E-state index contributed by atoms with van der Waals surface area (Å²) in [5.41, 5.74) is 19.9. The molecule has 8 N–H and O–H groups in total. The molecule has 8 aromatic heterocycles. The minimum atomic E-state index is -0.833. The zero-order chi connectivity index (χ0) is 87.5. The first-order valence-corrected chi connectivity index (χ1v) is 40.1. The van der Waals surface area contributed by atoms with E-state index in [-0.39, 0.29) is 95.0 Å². The summed E-state index contributed by atoms with van der Waals surface area (Å²) in [5.74, 6) is -2.03. The largest absolute Gasteiger partial charge is 0.657 e. The number of carboxylic acid groups (broad SMARTS) is 3. The Morgan fingerprint density at radius 1 is 0.328 bits per heavy atom. The number of benzene rings is 8. The van der Waals surface area contributed by atoms with Crippen LogP contribution >= 0.6 is 0 Å². The molecular weight excluding hydrogens is 1700 g/mol. The molecule has 0 unspecified atom stereocenters. The average molecular weight is 1790 g/mol. The van der Waals surface area contributed by atoms with Gasteiger partial charge in [0.2, 0.25) is 0 Å². The molecule has 0 aliphatic carbocycles. The van der Waals surface area contributed by atoms with E-state index >= 15 is 0 Å². The summed E-state index contributed by atoms with van der Waals surface area (Å²) in [5, 5.41) is 79.7. The molecule has 18 rings (SSSR count). The molecule has 18 nitrogen and oxygen atoms in total. The summed E-state index contributed by atoms with van der Waals surface area (Å²) >= 11 is 0. The van der Waals surface area contributed by atoms with Gasteiger partial charge in [-0.3, -0.25) is 14.4 Å². The van der Waals surface area contributed by atoms with Gasteiger partial charge >= 0.3 is 0 Å². The fourth-order valence-corrected chi connectivity index (χ4v) is 15.1. The second-order valence-corrected chi connectivity index (χ2v) is 34.8. The molecule has 0 atom stereocenters. The van der Waals surface area contributed by atoms with Crippen LogP contribution in [0.2, 0.25) is 0 Å².